The zero-order valence-corrected chi connectivity index (χ0v) is 20.4. The number of carbonyl (C=O) groups excluding carboxylic acids is 1. The lowest BCUT2D eigenvalue weighted by Gasteiger charge is -2.26. The highest BCUT2D eigenvalue weighted by atomic mass is 79.9. The summed E-state index contributed by atoms with van der Waals surface area (Å²) >= 11 is 6.48. The molecule has 0 spiro atoms. The molecule has 1 fully saturated rings. The second-order valence-electron chi connectivity index (χ2n) is 7.39. The molecule has 3 atom stereocenters. The van der Waals surface area contributed by atoms with Crippen LogP contribution in [0.3, 0.4) is 0 Å². The number of carbonyl (C=O) groups is 2. The van der Waals surface area contributed by atoms with E-state index in [1.165, 1.54) is 6.07 Å². The van der Waals surface area contributed by atoms with Crippen LogP contribution in [0.4, 0.5) is 4.79 Å². The number of likely N-dealkylation sites (tertiary alicyclic amines) is 1. The van der Waals surface area contributed by atoms with Gasteiger partial charge >= 0.3 is 6.09 Å². The van der Waals surface area contributed by atoms with Crippen molar-refractivity contribution in [3.63, 3.8) is 0 Å². The lowest BCUT2D eigenvalue weighted by atomic mass is 9.95. The predicted molar refractivity (Wildman–Crippen MR) is 123 cm³/mol. The molecule has 3 rings (SSSR count). The lowest BCUT2D eigenvalue weighted by Crippen LogP contribution is -2.50. The number of hydrogen-bond donors (Lipinski definition) is 3. The van der Waals surface area contributed by atoms with Crippen LogP contribution in [0.5, 0.6) is 0 Å². The maximum Gasteiger partial charge on any atom is 0.407 e. The summed E-state index contributed by atoms with van der Waals surface area (Å²) in [6.45, 7) is 1.73. The molecule has 2 aromatic rings. The Labute approximate surface area is 197 Å². The normalized spacial score (nSPS) is 19.9. The molecule has 1 amide bonds. The minimum atomic E-state index is -3.95. The number of nitrogens with zero attached hydrogens (tertiary/aromatic N) is 1. The molecule has 0 radical (unpaired) electrons. The average molecular weight is 575 g/mol. The van der Waals surface area contributed by atoms with E-state index in [0.717, 1.165) is 10.5 Å². The summed E-state index contributed by atoms with van der Waals surface area (Å²) in [5, 5.41) is 9.61. The average Bonchev–Trinajstić information content (AvgIpc) is 3.12. The molecule has 1 aliphatic rings. The standard InChI is InChI=1S/C20H21Br2N3O5S/c1-11-3-2-4-12(7-11)19(26)18(23)16-9-14(10-25(16)20(27)28)24-31(29,30)17-8-13(21)5-6-15(17)22/h2-8,14,16,18,24H,9-10,23H2,1H3,(H,27,28)/t14-,16-,18?/m1/s1. The quantitative estimate of drug-likeness (QED) is 0.454. The van der Waals surface area contributed by atoms with Crippen LogP contribution >= 0.6 is 31.9 Å². The third-order valence-electron chi connectivity index (χ3n) is 5.11. The Morgan fingerprint density at radius 2 is 1.94 bits per heavy atom. The number of amides is 1. The first-order valence-corrected chi connectivity index (χ1v) is 12.4. The van der Waals surface area contributed by atoms with Crippen LogP contribution in [0.2, 0.25) is 0 Å². The molecule has 1 heterocycles. The lowest BCUT2D eigenvalue weighted by molar-refractivity contribution is 0.0895. The van der Waals surface area contributed by atoms with Crippen molar-refractivity contribution in [1.29, 1.82) is 0 Å². The zero-order valence-electron chi connectivity index (χ0n) is 16.5. The van der Waals surface area contributed by atoms with Crippen molar-refractivity contribution in [2.24, 2.45) is 5.73 Å². The van der Waals surface area contributed by atoms with Crippen LogP contribution < -0.4 is 10.5 Å². The highest BCUT2D eigenvalue weighted by molar-refractivity contribution is 9.11. The summed E-state index contributed by atoms with van der Waals surface area (Å²) in [6, 6.07) is 8.90. The summed E-state index contributed by atoms with van der Waals surface area (Å²) in [5.74, 6) is -0.391. The summed E-state index contributed by atoms with van der Waals surface area (Å²) in [5.41, 5.74) is 7.44. The Morgan fingerprint density at radius 1 is 1.23 bits per heavy atom. The molecule has 1 aliphatic heterocycles. The number of hydrogen-bond acceptors (Lipinski definition) is 5. The molecule has 1 unspecified atom stereocenters. The number of Topliss-reactive ketones (excluding diaryl/α,β-unsaturated/α-hetero) is 1. The molecular formula is C20H21Br2N3O5S. The van der Waals surface area contributed by atoms with Gasteiger partial charge in [-0.15, -0.1) is 0 Å². The Kier molecular flexibility index (Phi) is 7.21. The van der Waals surface area contributed by atoms with Gasteiger partial charge in [0.25, 0.3) is 0 Å². The number of halogens is 2. The smallest absolute Gasteiger partial charge is 0.407 e. The molecule has 1 saturated heterocycles. The summed E-state index contributed by atoms with van der Waals surface area (Å²) in [6.07, 6.45) is -1.18. The molecule has 4 N–H and O–H groups in total. The number of aryl methyl sites for hydroxylation is 1. The highest BCUT2D eigenvalue weighted by Crippen LogP contribution is 2.28. The Bertz CT molecular complexity index is 1130. The van der Waals surface area contributed by atoms with E-state index in [-0.39, 0.29) is 17.9 Å². The van der Waals surface area contributed by atoms with Gasteiger partial charge in [0.1, 0.15) is 0 Å². The maximum absolute atomic E-state index is 12.9. The molecule has 0 aromatic heterocycles. The Balaban J connectivity index is 1.82. The van der Waals surface area contributed by atoms with Gasteiger partial charge in [0.2, 0.25) is 10.0 Å². The van der Waals surface area contributed by atoms with Gasteiger partial charge in [-0.1, -0.05) is 39.7 Å². The third kappa shape index (κ3) is 5.35. The number of benzene rings is 2. The number of nitrogens with two attached hydrogens (primary N) is 1. The SMILES string of the molecule is Cc1cccc(C(=O)C(N)[C@H]2C[C@@H](NS(=O)(=O)c3cc(Br)ccc3Br)CN2C(=O)O)c1. The number of sulfonamides is 1. The van der Waals surface area contributed by atoms with E-state index in [2.05, 4.69) is 36.6 Å². The van der Waals surface area contributed by atoms with Crippen LogP contribution in [0.15, 0.2) is 56.3 Å². The van der Waals surface area contributed by atoms with Gasteiger partial charge in [-0.05, 0) is 53.5 Å². The molecule has 11 heteroatoms. The van der Waals surface area contributed by atoms with Gasteiger partial charge < -0.3 is 15.7 Å². The van der Waals surface area contributed by atoms with E-state index in [1.54, 1.807) is 30.3 Å². The molecule has 2 aromatic carbocycles. The van der Waals surface area contributed by atoms with E-state index in [9.17, 15) is 23.1 Å². The first-order valence-electron chi connectivity index (χ1n) is 9.33. The van der Waals surface area contributed by atoms with Gasteiger partial charge in [0, 0.05) is 27.1 Å². The molecule has 8 nitrogen and oxygen atoms in total. The molecular weight excluding hydrogens is 554 g/mol. The monoisotopic (exact) mass is 573 g/mol. The molecule has 31 heavy (non-hydrogen) atoms. The van der Waals surface area contributed by atoms with Crippen LogP contribution in [0.25, 0.3) is 0 Å². The highest BCUT2D eigenvalue weighted by Gasteiger charge is 2.42. The van der Waals surface area contributed by atoms with Crippen molar-refractivity contribution in [3.05, 3.63) is 62.5 Å². The first-order chi connectivity index (χ1) is 14.5. The number of ketones is 1. The third-order valence-corrected chi connectivity index (χ3v) is 8.12. The van der Waals surface area contributed by atoms with Crippen molar-refractivity contribution in [2.45, 2.75) is 36.4 Å². The fourth-order valence-electron chi connectivity index (χ4n) is 3.64. The maximum atomic E-state index is 12.9. The van der Waals surface area contributed by atoms with Crippen LogP contribution in [-0.4, -0.2) is 55.0 Å². The second kappa shape index (κ2) is 9.37. The Morgan fingerprint density at radius 3 is 2.58 bits per heavy atom. The largest absolute Gasteiger partial charge is 0.465 e. The van der Waals surface area contributed by atoms with Gasteiger partial charge in [-0.3, -0.25) is 4.79 Å². The summed E-state index contributed by atoms with van der Waals surface area (Å²) in [4.78, 5) is 25.7. The second-order valence-corrected chi connectivity index (χ2v) is 10.8. The molecule has 166 valence electrons. The minimum Gasteiger partial charge on any atom is -0.465 e. The minimum absolute atomic E-state index is 0.0207. The van der Waals surface area contributed by atoms with Crippen LogP contribution in [0, 0.1) is 6.92 Å². The van der Waals surface area contributed by atoms with Gasteiger partial charge in [-0.2, -0.15) is 0 Å². The number of carboxylic acid groups (broad SMARTS) is 1. The molecule has 0 aliphatic carbocycles. The van der Waals surface area contributed by atoms with E-state index in [4.69, 9.17) is 5.73 Å². The fraction of sp³-hybridized carbons (Fsp3) is 0.300. The Hall–Kier alpha value is -1.79. The van der Waals surface area contributed by atoms with Crippen molar-refractivity contribution in [3.8, 4) is 0 Å². The van der Waals surface area contributed by atoms with Gasteiger partial charge in [0.05, 0.1) is 17.0 Å². The van der Waals surface area contributed by atoms with E-state index in [0.29, 0.717) is 14.5 Å². The van der Waals surface area contributed by atoms with Crippen molar-refractivity contribution in [2.75, 3.05) is 6.54 Å². The van der Waals surface area contributed by atoms with Crippen LogP contribution in [0.1, 0.15) is 22.3 Å². The first kappa shape index (κ1) is 23.9. The van der Waals surface area contributed by atoms with Crippen molar-refractivity contribution < 1.29 is 23.1 Å². The van der Waals surface area contributed by atoms with E-state index >= 15 is 0 Å². The van der Waals surface area contributed by atoms with E-state index in [1.807, 2.05) is 13.0 Å². The van der Waals surface area contributed by atoms with Gasteiger partial charge in [-0.25, -0.2) is 17.9 Å². The predicted octanol–water partition coefficient (Wildman–Crippen LogP) is 3.13. The number of rotatable bonds is 6. The summed E-state index contributed by atoms with van der Waals surface area (Å²) < 4.78 is 29.3. The summed E-state index contributed by atoms with van der Waals surface area (Å²) in [7, 11) is -3.95. The fourth-order valence-corrected chi connectivity index (χ4v) is 6.39. The number of nitrogens with one attached hydrogen (secondary N) is 1. The van der Waals surface area contributed by atoms with E-state index < -0.39 is 40.0 Å². The van der Waals surface area contributed by atoms with Gasteiger partial charge in [0.15, 0.2) is 5.78 Å². The zero-order chi connectivity index (χ0) is 22.9. The van der Waals surface area contributed by atoms with Crippen LogP contribution in [-0.2, 0) is 10.0 Å². The topological polar surface area (TPSA) is 130 Å². The van der Waals surface area contributed by atoms with Crippen molar-refractivity contribution in [1.82, 2.24) is 9.62 Å². The molecule has 0 bridgehead atoms. The molecule has 0 saturated carbocycles. The van der Waals surface area contributed by atoms with Crippen molar-refractivity contribution >= 4 is 53.8 Å².